The molecular formula is C25H19ClFN3O5. The zero-order chi connectivity index (χ0) is 24.9. The van der Waals surface area contributed by atoms with E-state index in [9.17, 15) is 18.8 Å². The Kier molecular flexibility index (Phi) is 6.98. The summed E-state index contributed by atoms with van der Waals surface area (Å²) in [5.74, 6) is -1.97. The van der Waals surface area contributed by atoms with E-state index in [0.29, 0.717) is 5.69 Å². The minimum atomic E-state index is -0.618. The van der Waals surface area contributed by atoms with Crippen molar-refractivity contribution in [1.29, 1.82) is 0 Å². The van der Waals surface area contributed by atoms with Gasteiger partial charge in [-0.1, -0.05) is 35.9 Å². The average molecular weight is 496 g/mol. The molecule has 2 N–H and O–H groups in total. The maximum absolute atomic E-state index is 13.4. The first-order valence-electron chi connectivity index (χ1n) is 10.3. The van der Waals surface area contributed by atoms with Crippen LogP contribution in [0.3, 0.4) is 0 Å². The van der Waals surface area contributed by atoms with Crippen LogP contribution in [0.2, 0.25) is 5.02 Å². The quantitative estimate of drug-likeness (QED) is 0.382. The molecule has 1 heterocycles. The number of nitrogens with one attached hydrogen (secondary N) is 2. The van der Waals surface area contributed by atoms with E-state index in [0.717, 1.165) is 5.01 Å². The summed E-state index contributed by atoms with van der Waals surface area (Å²) in [6.07, 6.45) is 1.31. The zero-order valence-electron chi connectivity index (χ0n) is 18.4. The summed E-state index contributed by atoms with van der Waals surface area (Å²) >= 11 is 6.19. The van der Waals surface area contributed by atoms with Gasteiger partial charge < -0.3 is 14.8 Å². The van der Waals surface area contributed by atoms with Crippen LogP contribution in [0, 0.1) is 5.82 Å². The summed E-state index contributed by atoms with van der Waals surface area (Å²) in [4.78, 5) is 37.9. The monoisotopic (exact) mass is 495 g/mol. The van der Waals surface area contributed by atoms with Crippen LogP contribution in [0.5, 0.6) is 11.5 Å². The van der Waals surface area contributed by atoms with Gasteiger partial charge in [-0.2, -0.15) is 0 Å². The molecule has 0 aromatic heterocycles. The molecule has 10 heteroatoms. The lowest BCUT2D eigenvalue weighted by atomic mass is 10.1. The highest BCUT2D eigenvalue weighted by Crippen LogP contribution is 2.37. The first kappa shape index (κ1) is 23.8. The molecule has 1 fully saturated rings. The van der Waals surface area contributed by atoms with Crippen molar-refractivity contribution in [1.82, 2.24) is 5.43 Å². The Morgan fingerprint density at radius 1 is 1.11 bits per heavy atom. The number of ether oxygens (including phenoxy) is 2. The molecule has 1 saturated heterocycles. The van der Waals surface area contributed by atoms with Gasteiger partial charge in [-0.3, -0.25) is 19.8 Å². The molecule has 3 amide bonds. The smallest absolute Gasteiger partial charge is 0.282 e. The van der Waals surface area contributed by atoms with Gasteiger partial charge in [-0.15, -0.1) is 0 Å². The highest BCUT2D eigenvalue weighted by atomic mass is 35.5. The number of methoxy groups -OCH3 is 1. The largest absolute Gasteiger partial charge is 0.493 e. The lowest BCUT2D eigenvalue weighted by Gasteiger charge is -2.15. The van der Waals surface area contributed by atoms with Crippen molar-refractivity contribution in [2.24, 2.45) is 0 Å². The molecule has 0 atom stereocenters. The number of para-hydroxylation sites is 1. The van der Waals surface area contributed by atoms with Crippen molar-refractivity contribution in [2.45, 2.75) is 0 Å². The van der Waals surface area contributed by atoms with E-state index in [4.69, 9.17) is 21.1 Å². The van der Waals surface area contributed by atoms with Crippen molar-refractivity contribution in [2.75, 3.05) is 24.0 Å². The molecule has 0 unspecified atom stereocenters. The van der Waals surface area contributed by atoms with E-state index in [-0.39, 0.29) is 33.3 Å². The molecule has 3 aromatic carbocycles. The second kappa shape index (κ2) is 10.3. The van der Waals surface area contributed by atoms with Gasteiger partial charge >= 0.3 is 0 Å². The number of nitrogens with zero attached hydrogens (tertiary/aromatic N) is 1. The maximum atomic E-state index is 13.4. The fraction of sp³-hybridized carbons (Fsp3) is 0.0800. The Bertz CT molecular complexity index is 1330. The Morgan fingerprint density at radius 3 is 2.60 bits per heavy atom. The van der Waals surface area contributed by atoms with Crippen LogP contribution in [0.25, 0.3) is 6.08 Å². The second-order valence-corrected chi connectivity index (χ2v) is 7.79. The third-order valence-electron chi connectivity index (χ3n) is 4.93. The number of hydrogen-bond donors (Lipinski definition) is 2. The maximum Gasteiger partial charge on any atom is 0.282 e. The molecule has 35 heavy (non-hydrogen) atoms. The molecule has 1 aliphatic heterocycles. The highest BCUT2D eigenvalue weighted by Gasteiger charge is 2.34. The van der Waals surface area contributed by atoms with Gasteiger partial charge in [0.05, 0.1) is 12.8 Å². The number of rotatable bonds is 7. The normalized spacial score (nSPS) is 14.1. The van der Waals surface area contributed by atoms with Crippen LogP contribution in [0.4, 0.5) is 15.8 Å². The molecule has 0 spiro atoms. The van der Waals surface area contributed by atoms with Crippen molar-refractivity contribution in [3.8, 4) is 11.5 Å². The van der Waals surface area contributed by atoms with Gasteiger partial charge in [-0.25, -0.2) is 9.40 Å². The van der Waals surface area contributed by atoms with E-state index in [1.54, 1.807) is 30.3 Å². The Balaban J connectivity index is 1.60. The third-order valence-corrected chi connectivity index (χ3v) is 5.15. The van der Waals surface area contributed by atoms with Crippen molar-refractivity contribution < 1.29 is 28.2 Å². The summed E-state index contributed by atoms with van der Waals surface area (Å²) in [5.41, 5.74) is 3.35. The van der Waals surface area contributed by atoms with Crippen LogP contribution in [-0.2, 0) is 14.4 Å². The van der Waals surface area contributed by atoms with Crippen LogP contribution in [-0.4, -0.2) is 31.4 Å². The standard InChI is InChI=1S/C25H19ClFN3O5/c1-34-21-12-16(26)10-15(23(21)35-14-22(31)28-18-7-5-6-17(27)13-18)11-20-24(32)29-30(25(20)33)19-8-3-2-4-9-19/h2-13H,14H2,1H3,(H,28,31)(H,29,32)/b20-11+. The lowest BCUT2D eigenvalue weighted by Crippen LogP contribution is -2.35. The molecule has 0 bridgehead atoms. The SMILES string of the molecule is COc1cc(Cl)cc(/C=C2\C(=O)NN(c3ccccc3)C2=O)c1OCC(=O)Nc1cccc(F)c1. The van der Waals surface area contributed by atoms with Crippen LogP contribution in [0.1, 0.15) is 5.56 Å². The second-order valence-electron chi connectivity index (χ2n) is 7.35. The van der Waals surface area contributed by atoms with Gasteiger partial charge in [0.25, 0.3) is 17.7 Å². The number of benzene rings is 3. The van der Waals surface area contributed by atoms with Crippen molar-refractivity contribution in [3.63, 3.8) is 0 Å². The Morgan fingerprint density at radius 2 is 1.89 bits per heavy atom. The Hall–Kier alpha value is -4.37. The molecule has 1 aliphatic rings. The number of amides is 3. The summed E-state index contributed by atoms with van der Waals surface area (Å²) in [6, 6.07) is 17.0. The summed E-state index contributed by atoms with van der Waals surface area (Å²) in [6.45, 7) is -0.457. The molecular weight excluding hydrogens is 477 g/mol. The van der Waals surface area contributed by atoms with E-state index in [2.05, 4.69) is 10.7 Å². The molecule has 0 saturated carbocycles. The molecule has 3 aromatic rings. The first-order valence-corrected chi connectivity index (χ1v) is 10.7. The van der Waals surface area contributed by atoms with Gasteiger partial charge in [0.2, 0.25) is 0 Å². The number of halogens is 2. The van der Waals surface area contributed by atoms with Crippen molar-refractivity contribution >= 4 is 46.8 Å². The fourth-order valence-electron chi connectivity index (χ4n) is 3.37. The van der Waals surface area contributed by atoms with Gasteiger partial charge in [0.15, 0.2) is 18.1 Å². The van der Waals surface area contributed by atoms with Gasteiger partial charge in [0.1, 0.15) is 11.4 Å². The van der Waals surface area contributed by atoms with Gasteiger partial charge in [0, 0.05) is 22.3 Å². The van der Waals surface area contributed by atoms with Crippen molar-refractivity contribution in [3.05, 3.63) is 88.7 Å². The summed E-state index contributed by atoms with van der Waals surface area (Å²) < 4.78 is 24.4. The molecule has 4 rings (SSSR count). The van der Waals surface area contributed by atoms with E-state index in [1.807, 2.05) is 0 Å². The average Bonchev–Trinajstić information content (AvgIpc) is 3.12. The number of hydrogen-bond acceptors (Lipinski definition) is 5. The summed E-state index contributed by atoms with van der Waals surface area (Å²) in [7, 11) is 1.38. The van der Waals surface area contributed by atoms with Crippen LogP contribution < -0.4 is 25.2 Å². The highest BCUT2D eigenvalue weighted by molar-refractivity contribution is 6.32. The minimum Gasteiger partial charge on any atom is -0.493 e. The summed E-state index contributed by atoms with van der Waals surface area (Å²) in [5, 5.41) is 3.91. The predicted molar refractivity (Wildman–Crippen MR) is 129 cm³/mol. The lowest BCUT2D eigenvalue weighted by molar-refractivity contribution is -0.118. The van der Waals surface area contributed by atoms with E-state index in [1.165, 1.54) is 49.6 Å². The topological polar surface area (TPSA) is 97.0 Å². The fourth-order valence-corrected chi connectivity index (χ4v) is 3.59. The van der Waals surface area contributed by atoms with Crippen LogP contribution in [0.15, 0.2) is 72.3 Å². The minimum absolute atomic E-state index is 0.0950. The molecule has 0 radical (unpaired) electrons. The Labute approximate surface area is 204 Å². The number of carbonyl (C=O) groups is 3. The van der Waals surface area contributed by atoms with Crippen LogP contribution >= 0.6 is 11.6 Å². The zero-order valence-corrected chi connectivity index (χ0v) is 19.1. The van der Waals surface area contributed by atoms with E-state index >= 15 is 0 Å². The number of hydrazine groups is 1. The number of carbonyl (C=O) groups excluding carboxylic acids is 3. The third kappa shape index (κ3) is 5.42. The molecule has 8 nitrogen and oxygen atoms in total. The molecule has 0 aliphatic carbocycles. The first-order chi connectivity index (χ1) is 16.9. The predicted octanol–water partition coefficient (Wildman–Crippen LogP) is 3.97. The van der Waals surface area contributed by atoms with Gasteiger partial charge in [-0.05, 0) is 42.5 Å². The molecule has 178 valence electrons. The number of anilines is 2. The van der Waals surface area contributed by atoms with E-state index < -0.39 is 30.1 Å².